The summed E-state index contributed by atoms with van der Waals surface area (Å²) >= 11 is 0. The predicted molar refractivity (Wildman–Crippen MR) is 149 cm³/mol. The molecule has 38 heavy (non-hydrogen) atoms. The van der Waals surface area contributed by atoms with Crippen molar-refractivity contribution in [2.24, 2.45) is 5.92 Å². The molecule has 0 radical (unpaired) electrons. The van der Waals surface area contributed by atoms with Crippen LogP contribution in [0.5, 0.6) is 0 Å². The normalized spacial score (nSPS) is 17.1. The average Bonchev–Trinajstić information content (AvgIpc) is 3.59. The number of fused-ring (bicyclic) bond motifs is 1. The summed E-state index contributed by atoms with van der Waals surface area (Å²) in [4.78, 5) is 24.5. The van der Waals surface area contributed by atoms with Crippen LogP contribution in [0.1, 0.15) is 57.2 Å². The summed E-state index contributed by atoms with van der Waals surface area (Å²) in [7, 11) is 0. The van der Waals surface area contributed by atoms with Gasteiger partial charge < -0.3 is 9.64 Å². The Morgan fingerprint density at radius 2 is 2.00 bits per heavy atom. The van der Waals surface area contributed by atoms with E-state index >= 15 is 0 Å². The van der Waals surface area contributed by atoms with Gasteiger partial charge in [0.2, 0.25) is 0 Å². The van der Waals surface area contributed by atoms with E-state index in [-0.39, 0.29) is 11.9 Å². The number of pyridine rings is 2. The van der Waals surface area contributed by atoms with E-state index in [4.69, 9.17) is 9.72 Å². The first kappa shape index (κ1) is 26.0. The van der Waals surface area contributed by atoms with E-state index in [0.717, 1.165) is 66.9 Å². The smallest absolute Gasteiger partial charge is 0.306 e. The minimum absolute atomic E-state index is 0.0485. The fourth-order valence-electron chi connectivity index (χ4n) is 5.32. The van der Waals surface area contributed by atoms with Crippen LogP contribution in [0.3, 0.4) is 0 Å². The molecule has 198 valence electrons. The van der Waals surface area contributed by atoms with Gasteiger partial charge in [-0.15, -0.1) is 0 Å². The topological polar surface area (TPSA) is 73.1 Å². The fourth-order valence-corrected chi connectivity index (χ4v) is 5.32. The summed E-state index contributed by atoms with van der Waals surface area (Å²) < 4.78 is 7.57. The Bertz CT molecular complexity index is 1360. The van der Waals surface area contributed by atoms with Crippen LogP contribution < -0.4 is 0 Å². The maximum absolute atomic E-state index is 12.9. The molecule has 2 unspecified atom stereocenters. The summed E-state index contributed by atoms with van der Waals surface area (Å²) in [5.41, 5.74) is 3.57. The van der Waals surface area contributed by atoms with Crippen LogP contribution in [0, 0.1) is 5.92 Å². The predicted octanol–water partition coefficient (Wildman–Crippen LogP) is 5.59. The maximum atomic E-state index is 12.9. The highest BCUT2D eigenvalue weighted by atomic mass is 16.6. The summed E-state index contributed by atoms with van der Waals surface area (Å²) in [5, 5.41) is 5.46. The molecule has 4 aromatic rings. The van der Waals surface area contributed by atoms with Gasteiger partial charge in [0.15, 0.2) is 5.65 Å². The highest BCUT2D eigenvalue weighted by Crippen LogP contribution is 2.29. The molecule has 7 nitrogen and oxygen atoms in total. The minimum atomic E-state index is -0.496. The molecule has 1 aliphatic rings. The molecule has 7 heteroatoms. The monoisotopic (exact) mass is 511 g/mol. The van der Waals surface area contributed by atoms with Crippen molar-refractivity contribution in [2.75, 3.05) is 19.6 Å². The van der Waals surface area contributed by atoms with E-state index in [2.05, 4.69) is 39.2 Å². The Hall–Kier alpha value is -3.58. The lowest BCUT2D eigenvalue weighted by molar-refractivity contribution is -0.155. The number of nitrogens with zero attached hydrogens (tertiary/aromatic N) is 5. The van der Waals surface area contributed by atoms with Crippen LogP contribution in [-0.4, -0.2) is 55.9 Å². The lowest BCUT2D eigenvalue weighted by atomic mass is 9.94. The zero-order chi connectivity index (χ0) is 26.5. The van der Waals surface area contributed by atoms with E-state index in [0.29, 0.717) is 12.3 Å². The van der Waals surface area contributed by atoms with Gasteiger partial charge >= 0.3 is 5.97 Å². The molecular formula is C31H37N5O2. The van der Waals surface area contributed by atoms with Crippen LogP contribution in [0.2, 0.25) is 0 Å². The van der Waals surface area contributed by atoms with E-state index in [1.807, 2.05) is 62.0 Å². The molecule has 2 atom stereocenters. The van der Waals surface area contributed by atoms with Gasteiger partial charge in [-0.1, -0.05) is 12.1 Å². The molecule has 0 N–H and O–H groups in total. The van der Waals surface area contributed by atoms with E-state index in [1.54, 1.807) is 12.4 Å². The number of carbonyl (C=O) groups is 1. The largest absolute Gasteiger partial charge is 0.460 e. The third-order valence-electron chi connectivity index (χ3n) is 7.12. The summed E-state index contributed by atoms with van der Waals surface area (Å²) in [5.74, 6) is 0.514. The van der Waals surface area contributed by atoms with Crippen molar-refractivity contribution in [3.63, 3.8) is 0 Å². The minimum Gasteiger partial charge on any atom is -0.460 e. The van der Waals surface area contributed by atoms with E-state index < -0.39 is 5.60 Å². The molecule has 0 spiro atoms. The number of hydrogen-bond donors (Lipinski definition) is 0. The molecule has 1 aliphatic heterocycles. The number of aryl methyl sites for hydroxylation is 1. The average molecular weight is 512 g/mol. The van der Waals surface area contributed by atoms with Gasteiger partial charge in [0.05, 0.1) is 12.1 Å². The molecule has 3 aromatic heterocycles. The first-order valence-electron chi connectivity index (χ1n) is 13.6. The highest BCUT2D eigenvalue weighted by Gasteiger charge is 2.28. The molecule has 5 rings (SSSR count). The second kappa shape index (κ2) is 11.4. The molecular weight excluding hydrogens is 474 g/mol. The third-order valence-corrected chi connectivity index (χ3v) is 7.12. The second-order valence-corrected chi connectivity index (χ2v) is 11.3. The van der Waals surface area contributed by atoms with Crippen molar-refractivity contribution in [3.8, 4) is 5.69 Å². The van der Waals surface area contributed by atoms with Crippen LogP contribution in [0.25, 0.3) is 16.7 Å². The van der Waals surface area contributed by atoms with Gasteiger partial charge in [0, 0.05) is 48.7 Å². The Labute approximate surface area is 224 Å². The molecule has 0 bridgehead atoms. The van der Waals surface area contributed by atoms with E-state index in [9.17, 15) is 4.79 Å². The zero-order valence-electron chi connectivity index (χ0n) is 22.6. The Morgan fingerprint density at radius 3 is 2.82 bits per heavy atom. The number of benzene rings is 1. The number of ether oxygens (including phenoxy) is 1. The number of esters is 1. The van der Waals surface area contributed by atoms with Crippen LogP contribution in [0.15, 0.2) is 73.2 Å². The second-order valence-electron chi connectivity index (χ2n) is 11.3. The van der Waals surface area contributed by atoms with Crippen molar-refractivity contribution in [1.82, 2.24) is 24.6 Å². The van der Waals surface area contributed by atoms with Gasteiger partial charge in [-0.25, -0.2) is 14.6 Å². The Kier molecular flexibility index (Phi) is 7.84. The van der Waals surface area contributed by atoms with Crippen molar-refractivity contribution in [3.05, 3.63) is 84.4 Å². The number of likely N-dealkylation sites (tertiary alicyclic amines) is 1. The molecule has 1 aromatic carbocycles. The van der Waals surface area contributed by atoms with Crippen molar-refractivity contribution < 1.29 is 9.53 Å². The summed E-state index contributed by atoms with van der Waals surface area (Å²) in [6.07, 6.45) is 9.10. The lowest BCUT2D eigenvalue weighted by Gasteiger charge is -2.26. The van der Waals surface area contributed by atoms with Gasteiger partial charge in [0.25, 0.3) is 0 Å². The van der Waals surface area contributed by atoms with Gasteiger partial charge in [-0.3, -0.25) is 4.79 Å². The van der Waals surface area contributed by atoms with Crippen LogP contribution in [-0.2, 0) is 16.0 Å². The lowest BCUT2D eigenvalue weighted by Crippen LogP contribution is -2.30. The first-order valence-corrected chi connectivity index (χ1v) is 13.6. The number of rotatable bonds is 9. The molecule has 0 saturated carbocycles. The number of aromatic nitrogens is 4. The number of hydrogen-bond acceptors (Lipinski definition) is 6. The molecule has 1 fully saturated rings. The van der Waals surface area contributed by atoms with Crippen LogP contribution >= 0.6 is 0 Å². The van der Waals surface area contributed by atoms with Crippen molar-refractivity contribution >= 4 is 17.0 Å². The molecule has 1 saturated heterocycles. The zero-order valence-corrected chi connectivity index (χ0v) is 22.6. The maximum Gasteiger partial charge on any atom is 0.306 e. The van der Waals surface area contributed by atoms with Gasteiger partial charge in [0.1, 0.15) is 5.60 Å². The van der Waals surface area contributed by atoms with Crippen molar-refractivity contribution in [2.45, 2.75) is 58.0 Å². The van der Waals surface area contributed by atoms with Crippen molar-refractivity contribution in [1.29, 1.82) is 0 Å². The summed E-state index contributed by atoms with van der Waals surface area (Å²) in [6.45, 7) is 8.67. The van der Waals surface area contributed by atoms with Gasteiger partial charge in [-0.05, 0) is 101 Å². The van der Waals surface area contributed by atoms with Gasteiger partial charge in [-0.2, -0.15) is 5.10 Å². The number of carbonyl (C=O) groups excluding carboxylic acids is 1. The Morgan fingerprint density at radius 1 is 1.11 bits per heavy atom. The molecule has 0 amide bonds. The molecule has 0 aliphatic carbocycles. The van der Waals surface area contributed by atoms with Crippen LogP contribution in [0.4, 0.5) is 0 Å². The first-order chi connectivity index (χ1) is 18.3. The fraction of sp³-hybridized carbons (Fsp3) is 0.419. The Balaban J connectivity index is 1.24. The summed E-state index contributed by atoms with van der Waals surface area (Å²) in [6, 6.07) is 18.5. The standard InChI is InChI=1S/C31H37N5O2/c1-31(2,3)38-29(37)20-26(25-7-4-9-28(19-25)36-17-6-16-33-36)22-35-18-14-23(21-35)10-12-27-13-11-24-8-5-15-32-30(24)34-27/h4-9,11,13,15-17,19,23,26H,10,12,14,18,20-22H2,1-3H3. The third kappa shape index (κ3) is 6.84. The SMILES string of the molecule is CC(C)(C)OC(=O)CC(CN1CCC(CCc2ccc3cccnc3n2)C1)c1cccc(-n2cccn2)c1. The quantitative estimate of drug-likeness (QED) is 0.273. The molecule has 4 heterocycles. The van der Waals surface area contributed by atoms with E-state index in [1.165, 1.54) is 0 Å². The highest BCUT2D eigenvalue weighted by molar-refractivity contribution is 5.74.